The van der Waals surface area contributed by atoms with Crippen molar-refractivity contribution in [2.24, 2.45) is 0 Å². The predicted molar refractivity (Wildman–Crippen MR) is 33.6 cm³/mol. The Morgan fingerprint density at radius 3 is 2.50 bits per heavy atom. The second-order valence-electron chi connectivity index (χ2n) is 2.22. The fraction of sp³-hybridized carbons (Fsp3) is 0.714. The van der Waals surface area contributed by atoms with Crippen LogP contribution >= 0.6 is 0 Å². The monoisotopic (exact) mass is 112 g/mol. The average molecular weight is 112 g/mol. The van der Waals surface area contributed by atoms with Gasteiger partial charge in [-0.05, 0) is 31.3 Å². The summed E-state index contributed by atoms with van der Waals surface area (Å²) < 4.78 is 4.86. The fourth-order valence-corrected chi connectivity index (χ4v) is 1.11. The first-order chi connectivity index (χ1) is 3.93. The molecule has 1 aliphatic rings. The van der Waals surface area contributed by atoms with E-state index in [1.807, 2.05) is 6.26 Å². The summed E-state index contributed by atoms with van der Waals surface area (Å²) in [5.74, 6) is 0. The van der Waals surface area contributed by atoms with Crippen LogP contribution in [0.15, 0.2) is 11.8 Å². The van der Waals surface area contributed by atoms with Crippen molar-refractivity contribution in [1.82, 2.24) is 0 Å². The van der Waals surface area contributed by atoms with Crippen LogP contribution in [-0.4, -0.2) is 7.11 Å². The molecule has 0 heterocycles. The summed E-state index contributed by atoms with van der Waals surface area (Å²) in [6, 6.07) is 0. The molecule has 8 heavy (non-hydrogen) atoms. The fourth-order valence-electron chi connectivity index (χ4n) is 1.11. The van der Waals surface area contributed by atoms with Crippen molar-refractivity contribution in [3.05, 3.63) is 11.8 Å². The van der Waals surface area contributed by atoms with Crippen molar-refractivity contribution < 1.29 is 4.74 Å². The van der Waals surface area contributed by atoms with E-state index in [0.29, 0.717) is 0 Å². The number of ether oxygens (including phenoxy) is 1. The van der Waals surface area contributed by atoms with Gasteiger partial charge in [0, 0.05) is 0 Å². The van der Waals surface area contributed by atoms with Gasteiger partial charge < -0.3 is 4.74 Å². The Kier molecular flexibility index (Phi) is 1.95. The molecule has 1 fully saturated rings. The molecule has 1 heteroatoms. The molecule has 0 spiro atoms. The SMILES string of the molecule is COC=C1CCCC1. The molecule has 0 amide bonds. The van der Waals surface area contributed by atoms with Crippen molar-refractivity contribution in [2.75, 3.05) is 7.11 Å². The Morgan fingerprint density at radius 2 is 2.00 bits per heavy atom. The zero-order valence-electron chi connectivity index (χ0n) is 5.31. The summed E-state index contributed by atoms with van der Waals surface area (Å²) in [6.07, 6.45) is 7.11. The van der Waals surface area contributed by atoms with Crippen molar-refractivity contribution in [1.29, 1.82) is 0 Å². The Bertz CT molecular complexity index is 86.6. The zero-order valence-corrected chi connectivity index (χ0v) is 5.31. The molecule has 0 atom stereocenters. The highest BCUT2D eigenvalue weighted by molar-refractivity contribution is 5.01. The van der Waals surface area contributed by atoms with E-state index in [1.165, 1.54) is 31.3 Å². The Hall–Kier alpha value is -0.460. The van der Waals surface area contributed by atoms with Gasteiger partial charge in [-0.2, -0.15) is 0 Å². The third kappa shape index (κ3) is 1.25. The first-order valence-electron chi connectivity index (χ1n) is 3.14. The van der Waals surface area contributed by atoms with Crippen LogP contribution in [0.3, 0.4) is 0 Å². The molecular weight excluding hydrogens is 100 g/mol. The first kappa shape index (κ1) is 5.67. The van der Waals surface area contributed by atoms with Gasteiger partial charge in [-0.3, -0.25) is 0 Å². The minimum absolute atomic E-state index is 1.26. The number of hydrogen-bond acceptors (Lipinski definition) is 1. The normalized spacial score (nSPS) is 18.9. The van der Waals surface area contributed by atoms with Crippen molar-refractivity contribution in [2.45, 2.75) is 25.7 Å². The van der Waals surface area contributed by atoms with E-state index in [4.69, 9.17) is 4.74 Å². The highest BCUT2D eigenvalue weighted by Crippen LogP contribution is 2.22. The van der Waals surface area contributed by atoms with E-state index < -0.39 is 0 Å². The first-order valence-corrected chi connectivity index (χ1v) is 3.14. The lowest BCUT2D eigenvalue weighted by atomic mass is 10.3. The molecular formula is C7H12O. The summed E-state index contributed by atoms with van der Waals surface area (Å²) in [5.41, 5.74) is 1.48. The summed E-state index contributed by atoms with van der Waals surface area (Å²) in [4.78, 5) is 0. The minimum atomic E-state index is 1.26. The van der Waals surface area contributed by atoms with E-state index >= 15 is 0 Å². The second-order valence-corrected chi connectivity index (χ2v) is 2.22. The van der Waals surface area contributed by atoms with Gasteiger partial charge in [0.05, 0.1) is 13.4 Å². The molecule has 0 aromatic rings. The molecule has 0 N–H and O–H groups in total. The topological polar surface area (TPSA) is 9.23 Å². The van der Waals surface area contributed by atoms with E-state index in [2.05, 4.69) is 0 Å². The standard InChI is InChI=1S/C7H12O/c1-8-6-7-4-2-3-5-7/h6H,2-5H2,1H3. The van der Waals surface area contributed by atoms with Crippen LogP contribution in [0.1, 0.15) is 25.7 Å². The smallest absolute Gasteiger partial charge is 0.0816 e. The predicted octanol–water partition coefficient (Wildman–Crippen LogP) is 2.09. The lowest BCUT2D eigenvalue weighted by molar-refractivity contribution is 0.332. The maximum atomic E-state index is 4.86. The Labute approximate surface area is 50.3 Å². The van der Waals surface area contributed by atoms with E-state index in [-0.39, 0.29) is 0 Å². The van der Waals surface area contributed by atoms with Crippen LogP contribution in [0.2, 0.25) is 0 Å². The van der Waals surface area contributed by atoms with Crippen molar-refractivity contribution in [3.63, 3.8) is 0 Å². The maximum Gasteiger partial charge on any atom is 0.0816 e. The van der Waals surface area contributed by atoms with Crippen LogP contribution in [0.4, 0.5) is 0 Å². The van der Waals surface area contributed by atoms with Crippen molar-refractivity contribution >= 4 is 0 Å². The van der Waals surface area contributed by atoms with Gasteiger partial charge in [-0.25, -0.2) is 0 Å². The zero-order chi connectivity index (χ0) is 5.82. The maximum absolute atomic E-state index is 4.86. The Morgan fingerprint density at radius 1 is 1.38 bits per heavy atom. The van der Waals surface area contributed by atoms with Gasteiger partial charge in [-0.15, -0.1) is 0 Å². The lowest BCUT2D eigenvalue weighted by Crippen LogP contribution is -1.73. The average Bonchev–Trinajstić information content (AvgIpc) is 2.19. The molecule has 0 unspecified atom stereocenters. The summed E-state index contributed by atoms with van der Waals surface area (Å²) in [7, 11) is 1.71. The van der Waals surface area contributed by atoms with Crippen LogP contribution in [0.25, 0.3) is 0 Å². The molecule has 0 bridgehead atoms. The largest absolute Gasteiger partial charge is 0.504 e. The highest BCUT2D eigenvalue weighted by atomic mass is 16.5. The number of methoxy groups -OCH3 is 1. The van der Waals surface area contributed by atoms with Gasteiger partial charge in [0.1, 0.15) is 0 Å². The van der Waals surface area contributed by atoms with Gasteiger partial charge >= 0.3 is 0 Å². The molecule has 1 rings (SSSR count). The highest BCUT2D eigenvalue weighted by Gasteiger charge is 2.04. The van der Waals surface area contributed by atoms with Crippen LogP contribution in [0, 0.1) is 0 Å². The van der Waals surface area contributed by atoms with E-state index in [0.717, 1.165) is 0 Å². The molecule has 46 valence electrons. The third-order valence-electron chi connectivity index (χ3n) is 1.53. The number of allylic oxidation sites excluding steroid dienone is 1. The molecule has 1 saturated carbocycles. The Balaban J connectivity index is 2.33. The molecule has 1 nitrogen and oxygen atoms in total. The summed E-state index contributed by atoms with van der Waals surface area (Å²) >= 11 is 0. The molecule has 0 aliphatic heterocycles. The quantitative estimate of drug-likeness (QED) is 0.472. The molecule has 0 aromatic heterocycles. The third-order valence-corrected chi connectivity index (χ3v) is 1.53. The second kappa shape index (κ2) is 2.75. The minimum Gasteiger partial charge on any atom is -0.504 e. The van der Waals surface area contributed by atoms with Crippen LogP contribution < -0.4 is 0 Å². The van der Waals surface area contributed by atoms with E-state index in [1.54, 1.807) is 7.11 Å². The van der Waals surface area contributed by atoms with Gasteiger partial charge in [0.25, 0.3) is 0 Å². The van der Waals surface area contributed by atoms with Crippen LogP contribution in [-0.2, 0) is 4.74 Å². The van der Waals surface area contributed by atoms with Gasteiger partial charge in [0.2, 0.25) is 0 Å². The summed E-state index contributed by atoms with van der Waals surface area (Å²) in [6.45, 7) is 0. The molecule has 0 aromatic carbocycles. The number of rotatable bonds is 1. The van der Waals surface area contributed by atoms with Crippen molar-refractivity contribution in [3.8, 4) is 0 Å². The molecule has 1 aliphatic carbocycles. The molecule has 0 radical (unpaired) electrons. The summed E-state index contributed by atoms with van der Waals surface area (Å²) in [5, 5.41) is 0. The molecule has 0 saturated heterocycles. The van der Waals surface area contributed by atoms with E-state index in [9.17, 15) is 0 Å². The van der Waals surface area contributed by atoms with Crippen LogP contribution in [0.5, 0.6) is 0 Å². The van der Waals surface area contributed by atoms with Gasteiger partial charge in [-0.1, -0.05) is 0 Å². The lowest BCUT2D eigenvalue weighted by Gasteiger charge is -1.91. The van der Waals surface area contributed by atoms with Gasteiger partial charge in [0.15, 0.2) is 0 Å². The number of hydrogen-bond donors (Lipinski definition) is 0.